The highest BCUT2D eigenvalue weighted by atomic mass is 79.9. The normalized spacial score (nSPS) is 12.4. The number of methoxy groups -OCH3 is 1. The topological polar surface area (TPSA) is 43.6 Å². The smallest absolute Gasteiger partial charge is 0.274 e. The van der Waals surface area contributed by atoms with Crippen molar-refractivity contribution in [3.63, 3.8) is 0 Å². The monoisotopic (exact) mass is 492 g/mol. The van der Waals surface area contributed by atoms with Gasteiger partial charge >= 0.3 is 0 Å². The Bertz CT molecular complexity index is 1290. The average molecular weight is 494 g/mol. The molecule has 0 bridgehead atoms. The summed E-state index contributed by atoms with van der Waals surface area (Å²) in [4.78, 5) is 18.4. The van der Waals surface area contributed by atoms with Gasteiger partial charge in [-0.05, 0) is 65.2 Å². The number of hydrogen-bond acceptors (Lipinski definition) is 4. The van der Waals surface area contributed by atoms with Crippen LogP contribution < -0.4 is 14.8 Å². The Hall–Kier alpha value is -1.70. The van der Waals surface area contributed by atoms with Crippen LogP contribution in [0.5, 0.6) is 5.75 Å². The molecule has 4 rings (SSSR count). The Morgan fingerprint density at radius 3 is 2.69 bits per heavy atom. The summed E-state index contributed by atoms with van der Waals surface area (Å²) >= 11 is 8.37. The summed E-state index contributed by atoms with van der Waals surface area (Å²) in [5.74, 6) is 0.690. The Morgan fingerprint density at radius 2 is 1.96 bits per heavy atom. The zero-order chi connectivity index (χ0) is 18.6. The molecule has 0 radical (unpaired) electrons. The Kier molecular flexibility index (Phi) is 4.41. The summed E-state index contributed by atoms with van der Waals surface area (Å²) in [6.07, 6.45) is 1.85. The number of aryl methyl sites for hydroxylation is 2. The number of halogens is 2. The van der Waals surface area contributed by atoms with Gasteiger partial charge in [-0.3, -0.25) is 4.79 Å². The third-order valence-corrected chi connectivity index (χ3v) is 6.22. The number of fused-ring (bicyclic) bond motifs is 3. The van der Waals surface area contributed by atoms with Crippen LogP contribution in [0.1, 0.15) is 16.7 Å². The molecule has 0 atom stereocenters. The third-order valence-electron chi connectivity index (χ3n) is 4.21. The van der Waals surface area contributed by atoms with Crippen molar-refractivity contribution in [3.8, 4) is 5.75 Å². The van der Waals surface area contributed by atoms with Crippen LogP contribution in [0.25, 0.3) is 22.1 Å². The SMILES string of the molecule is COc1c(Br)cc(Br)cc1/C=c1\sc2nc3c(C)cc(C)cc3n2c1=O. The van der Waals surface area contributed by atoms with Crippen LogP contribution in [0.2, 0.25) is 0 Å². The number of aromatic nitrogens is 2. The molecule has 0 N–H and O–H groups in total. The molecule has 0 saturated heterocycles. The second-order valence-electron chi connectivity index (χ2n) is 6.11. The molecule has 0 aliphatic carbocycles. The van der Waals surface area contributed by atoms with Crippen molar-refractivity contribution >= 4 is 65.3 Å². The maximum atomic E-state index is 13.0. The largest absolute Gasteiger partial charge is 0.495 e. The summed E-state index contributed by atoms with van der Waals surface area (Å²) in [5.41, 5.74) is 4.71. The fourth-order valence-corrected chi connectivity index (χ4v) is 5.55. The lowest BCUT2D eigenvalue weighted by Gasteiger charge is -2.07. The van der Waals surface area contributed by atoms with Crippen LogP contribution in [0.4, 0.5) is 0 Å². The van der Waals surface area contributed by atoms with Crippen LogP contribution >= 0.6 is 43.2 Å². The van der Waals surface area contributed by atoms with Gasteiger partial charge in [0.25, 0.3) is 5.56 Å². The average Bonchev–Trinajstić information content (AvgIpc) is 3.05. The maximum Gasteiger partial charge on any atom is 0.274 e. The lowest BCUT2D eigenvalue weighted by Crippen LogP contribution is -2.22. The zero-order valence-corrected chi connectivity index (χ0v) is 18.3. The molecule has 0 spiro atoms. The first-order valence-corrected chi connectivity index (χ1v) is 10.3. The van der Waals surface area contributed by atoms with Crippen LogP contribution in [0, 0.1) is 13.8 Å². The van der Waals surface area contributed by atoms with Gasteiger partial charge in [0.05, 0.1) is 27.1 Å². The molecule has 2 heterocycles. The van der Waals surface area contributed by atoms with E-state index < -0.39 is 0 Å². The molecule has 0 fully saturated rings. The predicted octanol–water partition coefficient (Wildman–Crippen LogP) is 4.61. The Balaban J connectivity index is 2.04. The molecule has 4 nitrogen and oxygen atoms in total. The molecule has 0 aliphatic rings. The summed E-state index contributed by atoms with van der Waals surface area (Å²) < 4.78 is 9.53. The molecule has 132 valence electrons. The molecule has 0 saturated carbocycles. The van der Waals surface area contributed by atoms with Gasteiger partial charge in [0, 0.05) is 10.0 Å². The van der Waals surface area contributed by atoms with E-state index in [1.807, 2.05) is 38.1 Å². The first kappa shape index (κ1) is 17.7. The van der Waals surface area contributed by atoms with Crippen LogP contribution in [-0.4, -0.2) is 16.5 Å². The van der Waals surface area contributed by atoms with E-state index in [0.29, 0.717) is 15.2 Å². The molecule has 7 heteroatoms. The fourth-order valence-electron chi connectivity index (χ4n) is 3.15. The quantitative estimate of drug-likeness (QED) is 0.409. The zero-order valence-electron chi connectivity index (χ0n) is 14.3. The third kappa shape index (κ3) is 2.78. The number of ether oxygens (including phenoxy) is 1. The first-order chi connectivity index (χ1) is 12.4. The standard InChI is InChI=1S/C19H14Br2N2O2S/c1-9-4-10(2)16-14(5-9)23-18(24)15(26-19(23)22-16)7-11-6-12(20)8-13(21)17(11)25-3/h4-8H,1-3H3/b15-7-. The number of thiazole rings is 1. The molecule has 0 aliphatic heterocycles. The maximum absolute atomic E-state index is 13.0. The molecule has 0 unspecified atom stereocenters. The van der Waals surface area contributed by atoms with E-state index in [-0.39, 0.29) is 5.56 Å². The molecule has 2 aromatic carbocycles. The van der Waals surface area contributed by atoms with E-state index in [1.165, 1.54) is 11.3 Å². The summed E-state index contributed by atoms with van der Waals surface area (Å²) in [6.45, 7) is 4.05. The molecular weight excluding hydrogens is 480 g/mol. The van der Waals surface area contributed by atoms with E-state index >= 15 is 0 Å². The van der Waals surface area contributed by atoms with Gasteiger partial charge in [0.15, 0.2) is 4.96 Å². The summed E-state index contributed by atoms with van der Waals surface area (Å²) in [6, 6.07) is 7.93. The van der Waals surface area contributed by atoms with E-state index in [0.717, 1.165) is 36.7 Å². The van der Waals surface area contributed by atoms with Crippen molar-refractivity contribution in [2.24, 2.45) is 0 Å². The van der Waals surface area contributed by atoms with Crippen molar-refractivity contribution < 1.29 is 4.74 Å². The Labute approximate surface area is 170 Å². The van der Waals surface area contributed by atoms with Gasteiger partial charge in [-0.2, -0.15) is 0 Å². The van der Waals surface area contributed by atoms with Gasteiger partial charge in [0.2, 0.25) is 0 Å². The highest BCUT2D eigenvalue weighted by molar-refractivity contribution is 9.11. The minimum Gasteiger partial charge on any atom is -0.495 e. The van der Waals surface area contributed by atoms with Gasteiger partial charge in [-0.25, -0.2) is 9.38 Å². The van der Waals surface area contributed by atoms with Crippen molar-refractivity contribution in [1.82, 2.24) is 9.38 Å². The van der Waals surface area contributed by atoms with Gasteiger partial charge in [0.1, 0.15) is 5.75 Å². The highest BCUT2D eigenvalue weighted by Crippen LogP contribution is 2.33. The second kappa shape index (κ2) is 6.48. The highest BCUT2D eigenvalue weighted by Gasteiger charge is 2.14. The van der Waals surface area contributed by atoms with Crippen LogP contribution in [0.3, 0.4) is 0 Å². The van der Waals surface area contributed by atoms with Gasteiger partial charge < -0.3 is 4.74 Å². The number of rotatable bonds is 2. The Morgan fingerprint density at radius 1 is 1.19 bits per heavy atom. The molecule has 0 amide bonds. The van der Waals surface area contributed by atoms with E-state index in [9.17, 15) is 4.79 Å². The molecular formula is C19H14Br2N2O2S. The number of imidazole rings is 1. The second-order valence-corrected chi connectivity index (χ2v) is 8.88. The number of nitrogens with zero attached hydrogens (tertiary/aromatic N) is 2. The molecule has 26 heavy (non-hydrogen) atoms. The van der Waals surface area contributed by atoms with E-state index in [1.54, 1.807) is 11.5 Å². The van der Waals surface area contributed by atoms with Crippen molar-refractivity contribution in [3.05, 3.63) is 64.8 Å². The minimum absolute atomic E-state index is 0.0596. The minimum atomic E-state index is -0.0596. The van der Waals surface area contributed by atoms with Crippen LogP contribution in [0.15, 0.2) is 38.0 Å². The van der Waals surface area contributed by atoms with Gasteiger partial charge in [-0.1, -0.05) is 33.3 Å². The number of hydrogen-bond donors (Lipinski definition) is 0. The van der Waals surface area contributed by atoms with Crippen molar-refractivity contribution in [2.45, 2.75) is 13.8 Å². The van der Waals surface area contributed by atoms with Crippen molar-refractivity contribution in [1.29, 1.82) is 0 Å². The van der Waals surface area contributed by atoms with E-state index in [4.69, 9.17) is 4.74 Å². The molecule has 4 aromatic rings. The van der Waals surface area contributed by atoms with Crippen molar-refractivity contribution in [2.75, 3.05) is 7.11 Å². The first-order valence-electron chi connectivity index (χ1n) is 7.86. The van der Waals surface area contributed by atoms with Crippen LogP contribution in [-0.2, 0) is 0 Å². The lowest BCUT2D eigenvalue weighted by molar-refractivity contribution is 0.411. The summed E-state index contributed by atoms with van der Waals surface area (Å²) in [7, 11) is 1.61. The fraction of sp³-hybridized carbons (Fsp3) is 0.158. The lowest BCUT2D eigenvalue weighted by atomic mass is 10.1. The number of benzene rings is 2. The molecule has 2 aromatic heterocycles. The summed E-state index contributed by atoms with van der Waals surface area (Å²) in [5, 5.41) is 0. The van der Waals surface area contributed by atoms with E-state index in [2.05, 4.69) is 42.9 Å². The predicted molar refractivity (Wildman–Crippen MR) is 113 cm³/mol. The van der Waals surface area contributed by atoms with Gasteiger partial charge in [-0.15, -0.1) is 0 Å².